The van der Waals surface area contributed by atoms with Crippen molar-refractivity contribution in [2.45, 2.75) is 54.4 Å². The summed E-state index contributed by atoms with van der Waals surface area (Å²) in [6.07, 6.45) is -7.12. The van der Waals surface area contributed by atoms with Crippen molar-refractivity contribution in [2.75, 3.05) is 0 Å². The second-order valence-corrected chi connectivity index (χ2v) is 7.29. The Bertz CT molecular complexity index is 442. The van der Waals surface area contributed by atoms with Crippen LogP contribution in [0.3, 0.4) is 0 Å². The fourth-order valence-electron chi connectivity index (χ4n) is 2.67. The molecule has 20 heavy (non-hydrogen) atoms. The van der Waals surface area contributed by atoms with E-state index in [1.165, 1.54) is 0 Å². The molecule has 1 amide bonds. The summed E-state index contributed by atoms with van der Waals surface area (Å²) in [7, 11) is 0. The molecule has 0 radical (unpaired) electrons. The van der Waals surface area contributed by atoms with E-state index in [-0.39, 0.29) is 0 Å². The molecule has 2 aliphatic heterocycles. The van der Waals surface area contributed by atoms with Crippen molar-refractivity contribution in [1.82, 2.24) is 4.90 Å². The van der Waals surface area contributed by atoms with Crippen LogP contribution in [0, 0.1) is 0 Å². The molecule has 2 fully saturated rings. The first-order valence-corrected chi connectivity index (χ1v) is 6.92. The molecule has 5 N–H and O–H groups in total. The minimum Gasteiger partial charge on any atom is -0.480 e. The molecule has 2 heterocycles. The summed E-state index contributed by atoms with van der Waals surface area (Å²) in [5.74, 6) is -2.28. The Kier molecular flexibility index (Phi) is 3.76. The number of aliphatic carboxylic acids is 1. The summed E-state index contributed by atoms with van der Waals surface area (Å²) < 4.78 is -0.908. The summed E-state index contributed by atoms with van der Waals surface area (Å²) in [4.78, 5) is 24.4. The molecule has 0 aromatic rings. The third-order valence-corrected chi connectivity index (χ3v) is 5.27. The van der Waals surface area contributed by atoms with Gasteiger partial charge in [-0.3, -0.25) is 4.79 Å². The highest BCUT2D eigenvalue weighted by atomic mass is 32.2. The second kappa shape index (κ2) is 4.85. The number of rotatable bonds is 1. The van der Waals surface area contributed by atoms with Crippen LogP contribution in [0.15, 0.2) is 0 Å². The highest BCUT2D eigenvalue weighted by molar-refractivity contribution is 8.01. The van der Waals surface area contributed by atoms with Crippen LogP contribution in [0.5, 0.6) is 0 Å². The van der Waals surface area contributed by atoms with Gasteiger partial charge in [0.05, 0.1) is 0 Å². The van der Waals surface area contributed by atoms with Crippen LogP contribution in [0.2, 0.25) is 0 Å². The molecular weight excluding hydrogens is 290 g/mol. The smallest absolute Gasteiger partial charge is 0.327 e. The highest BCUT2D eigenvalue weighted by Crippen LogP contribution is 2.47. The normalized spacial score (nSPS) is 44.1. The molecule has 0 saturated carbocycles. The van der Waals surface area contributed by atoms with Gasteiger partial charge in [0.25, 0.3) is 5.91 Å². The predicted octanol–water partition coefficient (Wildman–Crippen LogP) is -2.42. The number of aliphatic hydroxyl groups excluding tert-OH is 4. The number of fused-ring (bicyclic) bond motifs is 1. The van der Waals surface area contributed by atoms with Crippen molar-refractivity contribution in [3.63, 3.8) is 0 Å². The first kappa shape index (κ1) is 15.5. The lowest BCUT2D eigenvalue weighted by molar-refractivity contribution is -0.157. The zero-order valence-electron chi connectivity index (χ0n) is 10.9. The van der Waals surface area contributed by atoms with E-state index in [2.05, 4.69) is 0 Å². The van der Waals surface area contributed by atoms with Crippen LogP contribution in [0.1, 0.15) is 13.8 Å². The lowest BCUT2D eigenvalue weighted by atomic mass is 10.0. The Balaban J connectivity index is 2.49. The Morgan fingerprint density at radius 1 is 1.15 bits per heavy atom. The maximum atomic E-state index is 12.1. The maximum Gasteiger partial charge on any atom is 0.327 e. The number of carbonyl (C=O) groups is 2. The molecule has 6 atom stereocenters. The molecule has 2 rings (SSSR count). The highest BCUT2D eigenvalue weighted by Gasteiger charge is 2.60. The zero-order chi connectivity index (χ0) is 15.4. The van der Waals surface area contributed by atoms with Crippen molar-refractivity contribution in [1.29, 1.82) is 0 Å². The predicted molar refractivity (Wildman–Crippen MR) is 67.8 cm³/mol. The molecule has 0 bridgehead atoms. The number of thioether (sulfide) groups is 1. The molecule has 2 saturated heterocycles. The van der Waals surface area contributed by atoms with Gasteiger partial charge in [-0.2, -0.15) is 0 Å². The fourth-order valence-corrected chi connectivity index (χ4v) is 4.28. The molecule has 9 heteroatoms. The van der Waals surface area contributed by atoms with Gasteiger partial charge in [0.2, 0.25) is 0 Å². The number of aliphatic hydroxyl groups is 4. The van der Waals surface area contributed by atoms with Crippen LogP contribution in [0.25, 0.3) is 0 Å². The SMILES string of the molecule is CC1(C)S[C@@H]2[C@H](O)[C@@H](O)[C@H](O)[C@H](O)C(=O)N2[C@@H]1C(=O)O. The van der Waals surface area contributed by atoms with E-state index < -0.39 is 52.5 Å². The third-order valence-electron chi connectivity index (χ3n) is 3.69. The van der Waals surface area contributed by atoms with Gasteiger partial charge in [-0.15, -0.1) is 11.8 Å². The van der Waals surface area contributed by atoms with Gasteiger partial charge in [-0.1, -0.05) is 0 Å². The summed E-state index contributed by atoms with van der Waals surface area (Å²) in [5.41, 5.74) is 0. The molecule has 2 aliphatic rings. The van der Waals surface area contributed by atoms with E-state index in [9.17, 15) is 35.1 Å². The van der Waals surface area contributed by atoms with E-state index in [0.29, 0.717) is 0 Å². The average Bonchev–Trinajstić information content (AvgIpc) is 2.63. The molecule has 0 aliphatic carbocycles. The summed E-state index contributed by atoms with van der Waals surface area (Å²) >= 11 is 1.01. The number of nitrogens with zero attached hydrogens (tertiary/aromatic N) is 1. The minimum atomic E-state index is -1.97. The molecule has 114 valence electrons. The van der Waals surface area contributed by atoms with E-state index in [1.807, 2.05) is 0 Å². The molecule has 0 aromatic carbocycles. The summed E-state index contributed by atoms with van der Waals surface area (Å²) in [6.45, 7) is 3.19. The number of carbonyl (C=O) groups excluding carboxylic acids is 1. The summed E-state index contributed by atoms with van der Waals surface area (Å²) in [6, 6.07) is -1.27. The molecule has 0 aromatic heterocycles. The van der Waals surface area contributed by atoms with Gasteiger partial charge in [0.15, 0.2) is 6.10 Å². The van der Waals surface area contributed by atoms with Gasteiger partial charge in [0, 0.05) is 4.75 Å². The van der Waals surface area contributed by atoms with Crippen molar-refractivity contribution >= 4 is 23.6 Å². The fraction of sp³-hybridized carbons (Fsp3) is 0.818. The van der Waals surface area contributed by atoms with Gasteiger partial charge in [-0.25, -0.2) is 4.79 Å². The molecule has 8 nitrogen and oxygen atoms in total. The van der Waals surface area contributed by atoms with Crippen LogP contribution in [-0.2, 0) is 9.59 Å². The number of hydrogen-bond acceptors (Lipinski definition) is 7. The maximum absolute atomic E-state index is 12.1. The number of hydrogen-bond donors (Lipinski definition) is 5. The lowest BCUT2D eigenvalue weighted by Gasteiger charge is -2.30. The zero-order valence-corrected chi connectivity index (χ0v) is 11.7. The van der Waals surface area contributed by atoms with Crippen molar-refractivity contribution in [3.8, 4) is 0 Å². The first-order chi connectivity index (χ1) is 9.09. The average molecular weight is 307 g/mol. The van der Waals surface area contributed by atoms with E-state index in [1.54, 1.807) is 13.8 Å². The van der Waals surface area contributed by atoms with E-state index in [4.69, 9.17) is 0 Å². The standard InChI is InChI=1S/C11H17NO7S/c1-11(2)7(10(18)19)12-8(17)5(15)3(13)4(14)6(16)9(12)20-11/h3-7,9,13-16H,1-2H3,(H,18,19)/t3-,4-,5-,6+,7+,9+/m0/s1. The molecular formula is C11H17NO7S. The van der Waals surface area contributed by atoms with Gasteiger partial charge in [-0.05, 0) is 13.8 Å². The number of amides is 1. The van der Waals surface area contributed by atoms with Crippen LogP contribution >= 0.6 is 11.8 Å². The van der Waals surface area contributed by atoms with Crippen LogP contribution in [-0.4, -0.2) is 82.9 Å². The minimum absolute atomic E-state index is 0.849. The van der Waals surface area contributed by atoms with Crippen LogP contribution in [0.4, 0.5) is 0 Å². The van der Waals surface area contributed by atoms with Gasteiger partial charge < -0.3 is 30.4 Å². The van der Waals surface area contributed by atoms with Gasteiger partial charge >= 0.3 is 5.97 Å². The second-order valence-electron chi connectivity index (χ2n) is 5.51. The van der Waals surface area contributed by atoms with E-state index in [0.717, 1.165) is 16.7 Å². The Hall–Kier alpha value is -0.870. The monoisotopic (exact) mass is 307 g/mol. The Labute approximate surface area is 119 Å². The molecule has 0 unspecified atom stereocenters. The topological polar surface area (TPSA) is 139 Å². The van der Waals surface area contributed by atoms with Crippen LogP contribution < -0.4 is 0 Å². The quantitative estimate of drug-likeness (QED) is 0.361. The number of carboxylic acids is 1. The Morgan fingerprint density at radius 3 is 2.20 bits per heavy atom. The van der Waals surface area contributed by atoms with Crippen molar-refractivity contribution in [2.24, 2.45) is 0 Å². The largest absolute Gasteiger partial charge is 0.480 e. The van der Waals surface area contributed by atoms with Crippen molar-refractivity contribution in [3.05, 3.63) is 0 Å². The van der Waals surface area contributed by atoms with Gasteiger partial charge in [0.1, 0.15) is 29.7 Å². The Morgan fingerprint density at radius 2 is 1.70 bits per heavy atom. The number of carboxylic acid groups (broad SMARTS) is 1. The first-order valence-electron chi connectivity index (χ1n) is 6.04. The third kappa shape index (κ3) is 2.09. The van der Waals surface area contributed by atoms with Crippen molar-refractivity contribution < 1.29 is 35.1 Å². The van der Waals surface area contributed by atoms with E-state index >= 15 is 0 Å². The lowest BCUT2D eigenvalue weighted by Crippen LogP contribution is -2.54. The molecule has 0 spiro atoms. The summed E-state index contributed by atoms with van der Waals surface area (Å²) in [5, 5.41) is 47.4.